The molecule has 1 unspecified atom stereocenters. The van der Waals surface area contributed by atoms with Crippen LogP contribution in [0.15, 0.2) is 60.9 Å². The van der Waals surface area contributed by atoms with Gasteiger partial charge in [0.1, 0.15) is 5.65 Å². The second kappa shape index (κ2) is 11.1. The summed E-state index contributed by atoms with van der Waals surface area (Å²) in [6, 6.07) is 14.5. The summed E-state index contributed by atoms with van der Waals surface area (Å²) in [5, 5.41) is 13.4. The normalized spacial score (nSPS) is 11.6. The average Bonchev–Trinajstić information content (AvgIpc) is 3.23. The Hall–Kier alpha value is -3.22. The van der Waals surface area contributed by atoms with E-state index in [-0.39, 0.29) is 18.4 Å². The zero-order chi connectivity index (χ0) is 24.0. The highest BCUT2D eigenvalue weighted by atomic mass is 35.5. The third-order valence-corrected chi connectivity index (χ3v) is 5.63. The van der Waals surface area contributed by atoms with Crippen molar-refractivity contribution in [2.24, 2.45) is 0 Å². The maximum atomic E-state index is 12.7. The largest absolute Gasteiger partial charge is 0.390 e. The van der Waals surface area contributed by atoms with Gasteiger partial charge in [0.05, 0.1) is 34.4 Å². The lowest BCUT2D eigenvalue weighted by molar-refractivity contribution is 0.102. The fraction of sp³-hybridized carbons (Fsp3) is 0.269. The smallest absolute Gasteiger partial charge is 0.255 e. The molecule has 0 aliphatic carbocycles. The highest BCUT2D eigenvalue weighted by molar-refractivity contribution is 6.30. The van der Waals surface area contributed by atoms with Crippen LogP contribution in [0.2, 0.25) is 5.02 Å². The van der Waals surface area contributed by atoms with Gasteiger partial charge in [-0.2, -0.15) is 0 Å². The first-order valence-electron chi connectivity index (χ1n) is 11.1. The predicted octanol–water partition coefficient (Wildman–Crippen LogP) is 6.33. The Labute approximate surface area is 199 Å². The van der Waals surface area contributed by atoms with Crippen molar-refractivity contribution in [1.82, 2.24) is 14.4 Å². The van der Waals surface area contributed by atoms with Crippen LogP contribution in [0.25, 0.3) is 16.9 Å². The molecular formula is C26H29ClN4O2. The molecular weight excluding hydrogens is 436 g/mol. The van der Waals surface area contributed by atoms with Crippen molar-refractivity contribution < 1.29 is 9.90 Å². The molecule has 1 atom stereocenters. The van der Waals surface area contributed by atoms with E-state index in [9.17, 15) is 9.90 Å². The topological polar surface area (TPSA) is 79.5 Å². The second-order valence-electron chi connectivity index (χ2n) is 7.45. The van der Waals surface area contributed by atoms with Crippen molar-refractivity contribution in [2.45, 2.75) is 46.6 Å². The molecule has 0 bridgehead atoms. The van der Waals surface area contributed by atoms with Gasteiger partial charge in [-0.3, -0.25) is 14.2 Å². The van der Waals surface area contributed by atoms with Gasteiger partial charge in [0.15, 0.2) is 0 Å². The Morgan fingerprint density at radius 1 is 1.12 bits per heavy atom. The van der Waals surface area contributed by atoms with E-state index in [1.807, 2.05) is 48.6 Å². The number of imidazole rings is 1. The summed E-state index contributed by atoms with van der Waals surface area (Å²) in [7, 11) is 0. The van der Waals surface area contributed by atoms with Crippen LogP contribution in [0.1, 0.15) is 61.8 Å². The van der Waals surface area contributed by atoms with Crippen LogP contribution in [-0.4, -0.2) is 25.4 Å². The van der Waals surface area contributed by atoms with Crippen LogP contribution in [0.4, 0.5) is 5.69 Å². The van der Waals surface area contributed by atoms with Crippen molar-refractivity contribution in [3.63, 3.8) is 0 Å². The molecule has 172 valence electrons. The number of aliphatic hydroxyl groups excluding tert-OH is 1. The van der Waals surface area contributed by atoms with Crippen molar-refractivity contribution in [3.8, 4) is 11.3 Å². The fourth-order valence-corrected chi connectivity index (χ4v) is 3.58. The summed E-state index contributed by atoms with van der Waals surface area (Å²) in [6.07, 6.45) is 4.32. The number of fused-ring (bicyclic) bond motifs is 1. The molecule has 33 heavy (non-hydrogen) atoms. The highest BCUT2D eigenvalue weighted by Crippen LogP contribution is 2.25. The maximum Gasteiger partial charge on any atom is 0.255 e. The molecule has 3 heterocycles. The monoisotopic (exact) mass is 464 g/mol. The van der Waals surface area contributed by atoms with Gasteiger partial charge in [0, 0.05) is 29.4 Å². The van der Waals surface area contributed by atoms with Crippen LogP contribution in [0, 0.1) is 0 Å². The van der Waals surface area contributed by atoms with E-state index in [0.717, 1.165) is 34.7 Å². The number of nitrogens with zero attached hydrogens (tertiary/aromatic N) is 3. The molecule has 1 aromatic carbocycles. The highest BCUT2D eigenvalue weighted by Gasteiger charge is 2.17. The van der Waals surface area contributed by atoms with Crippen LogP contribution in [0.3, 0.4) is 0 Å². The number of anilines is 1. The van der Waals surface area contributed by atoms with Gasteiger partial charge in [-0.15, -0.1) is 0 Å². The van der Waals surface area contributed by atoms with E-state index in [1.54, 1.807) is 30.6 Å². The standard InChI is InChI=1S/C24H23ClN4O2.C2H6/c1-3-15(2)23-21(14-30)29-13-19(9-11-22(29)28-23)27-24(31)17-6-4-16(5-7-17)20-10-8-18(25)12-26-20;1-2/h4-13,15,30H,3,14H2,1-2H3,(H,27,31);1-2H3. The molecule has 0 saturated carbocycles. The van der Waals surface area contributed by atoms with E-state index >= 15 is 0 Å². The number of aliphatic hydroxyl groups is 1. The van der Waals surface area contributed by atoms with E-state index in [4.69, 9.17) is 11.6 Å². The summed E-state index contributed by atoms with van der Waals surface area (Å²) in [6.45, 7) is 8.07. The van der Waals surface area contributed by atoms with Crippen LogP contribution >= 0.6 is 11.6 Å². The molecule has 6 nitrogen and oxygen atoms in total. The maximum absolute atomic E-state index is 12.7. The van der Waals surface area contributed by atoms with Gasteiger partial charge in [-0.1, -0.05) is 51.4 Å². The average molecular weight is 465 g/mol. The minimum absolute atomic E-state index is 0.113. The lowest BCUT2D eigenvalue weighted by Gasteiger charge is -2.09. The number of benzene rings is 1. The zero-order valence-corrected chi connectivity index (χ0v) is 20.1. The molecule has 4 aromatic rings. The van der Waals surface area contributed by atoms with Crippen molar-refractivity contribution in [1.29, 1.82) is 0 Å². The first-order valence-corrected chi connectivity index (χ1v) is 11.5. The number of carbonyl (C=O) groups is 1. The summed E-state index contributed by atoms with van der Waals surface area (Å²) >= 11 is 5.89. The van der Waals surface area contributed by atoms with Gasteiger partial charge < -0.3 is 10.4 Å². The SMILES string of the molecule is CC.CCC(C)c1nc2ccc(NC(=O)c3ccc(-c4ccc(Cl)cn4)cc3)cn2c1CO. The van der Waals surface area contributed by atoms with Crippen LogP contribution in [-0.2, 0) is 6.61 Å². The predicted molar refractivity (Wildman–Crippen MR) is 134 cm³/mol. The van der Waals surface area contributed by atoms with E-state index in [0.29, 0.717) is 16.3 Å². The Morgan fingerprint density at radius 3 is 2.45 bits per heavy atom. The molecule has 4 rings (SSSR count). The molecule has 7 heteroatoms. The Kier molecular flexibility index (Phi) is 8.20. The molecule has 0 spiro atoms. The van der Waals surface area contributed by atoms with E-state index in [2.05, 4.69) is 29.1 Å². The van der Waals surface area contributed by atoms with E-state index < -0.39 is 0 Å². The lowest BCUT2D eigenvalue weighted by atomic mass is 10.0. The first-order chi connectivity index (χ1) is 16.0. The number of hydrogen-bond acceptors (Lipinski definition) is 4. The van der Waals surface area contributed by atoms with Crippen molar-refractivity contribution >= 4 is 28.8 Å². The third kappa shape index (κ3) is 5.41. The van der Waals surface area contributed by atoms with Gasteiger partial charge >= 0.3 is 0 Å². The minimum Gasteiger partial charge on any atom is -0.390 e. The van der Waals surface area contributed by atoms with Gasteiger partial charge in [0.25, 0.3) is 5.91 Å². The number of pyridine rings is 2. The molecule has 3 aromatic heterocycles. The number of aromatic nitrogens is 3. The molecule has 2 N–H and O–H groups in total. The number of amides is 1. The fourth-order valence-electron chi connectivity index (χ4n) is 3.47. The zero-order valence-electron chi connectivity index (χ0n) is 19.3. The summed E-state index contributed by atoms with van der Waals surface area (Å²) in [5.74, 6) is 0.0246. The molecule has 0 radical (unpaired) electrons. The number of nitrogens with one attached hydrogen (secondary N) is 1. The molecule has 1 amide bonds. The number of carbonyl (C=O) groups excluding carboxylic acids is 1. The number of halogens is 1. The Balaban J connectivity index is 0.00000149. The first kappa shape index (κ1) is 24.4. The van der Waals surface area contributed by atoms with Crippen molar-refractivity contribution in [2.75, 3.05) is 5.32 Å². The lowest BCUT2D eigenvalue weighted by Crippen LogP contribution is -2.12. The molecule has 0 saturated heterocycles. The molecule has 0 aliphatic heterocycles. The molecule has 0 aliphatic rings. The van der Waals surface area contributed by atoms with Gasteiger partial charge in [0.2, 0.25) is 0 Å². The number of hydrogen-bond donors (Lipinski definition) is 2. The van der Waals surface area contributed by atoms with Crippen molar-refractivity contribution in [3.05, 3.63) is 82.9 Å². The summed E-state index contributed by atoms with van der Waals surface area (Å²) in [4.78, 5) is 21.7. The van der Waals surface area contributed by atoms with Crippen LogP contribution < -0.4 is 5.32 Å². The Morgan fingerprint density at radius 2 is 1.85 bits per heavy atom. The minimum atomic E-state index is -0.220. The Bertz CT molecular complexity index is 1220. The summed E-state index contributed by atoms with van der Waals surface area (Å²) in [5.41, 5.74) is 5.24. The van der Waals surface area contributed by atoms with E-state index in [1.165, 1.54) is 0 Å². The summed E-state index contributed by atoms with van der Waals surface area (Å²) < 4.78 is 1.84. The van der Waals surface area contributed by atoms with Gasteiger partial charge in [-0.25, -0.2) is 4.98 Å². The van der Waals surface area contributed by atoms with Gasteiger partial charge in [-0.05, 0) is 42.8 Å². The third-order valence-electron chi connectivity index (χ3n) is 5.41. The van der Waals surface area contributed by atoms with Crippen LogP contribution in [0.5, 0.6) is 0 Å². The quantitative estimate of drug-likeness (QED) is 0.349. The molecule has 0 fully saturated rings. The number of rotatable bonds is 6. The second-order valence-corrected chi connectivity index (χ2v) is 7.89.